The van der Waals surface area contributed by atoms with E-state index in [1.165, 1.54) is 33.0 Å². The van der Waals surface area contributed by atoms with Gasteiger partial charge in [-0.3, -0.25) is 9.97 Å². The van der Waals surface area contributed by atoms with Gasteiger partial charge in [0.05, 0.1) is 34.3 Å². The standard InChI is InChI=1S/C46H32N4/c1-3-11-33(12-4-1)35-20-24-38(25-21-35)49(39-26-22-36(23-27-39)34-13-5-2-6-14-34)44-18-9-19-45-46(44)41-16-7-8-17-43(41)50(45)40-28-29-42(48-32-40)37-15-10-30-47-31-37/h1-32H. The van der Waals surface area contributed by atoms with Crippen LogP contribution in [0.25, 0.3) is 61.0 Å². The summed E-state index contributed by atoms with van der Waals surface area (Å²) in [6.45, 7) is 0. The van der Waals surface area contributed by atoms with E-state index < -0.39 is 0 Å². The third kappa shape index (κ3) is 5.29. The molecule has 4 heteroatoms. The first kappa shape index (κ1) is 29.4. The summed E-state index contributed by atoms with van der Waals surface area (Å²) >= 11 is 0. The van der Waals surface area contributed by atoms with Gasteiger partial charge in [0.2, 0.25) is 0 Å². The Hall–Kier alpha value is -6.78. The molecule has 0 aliphatic heterocycles. The van der Waals surface area contributed by atoms with Crippen LogP contribution in [0.3, 0.4) is 0 Å². The number of pyridine rings is 2. The van der Waals surface area contributed by atoms with E-state index in [9.17, 15) is 0 Å². The van der Waals surface area contributed by atoms with Gasteiger partial charge in [-0.25, -0.2) is 0 Å². The molecule has 0 fully saturated rings. The molecule has 0 radical (unpaired) electrons. The Morgan fingerprint density at radius 2 is 1.00 bits per heavy atom. The van der Waals surface area contributed by atoms with Gasteiger partial charge in [0.15, 0.2) is 0 Å². The first-order valence-electron chi connectivity index (χ1n) is 16.8. The minimum absolute atomic E-state index is 0.896. The first-order chi connectivity index (χ1) is 24.8. The van der Waals surface area contributed by atoms with Crippen LogP contribution in [0.4, 0.5) is 17.1 Å². The molecule has 0 saturated heterocycles. The molecular formula is C46H32N4. The van der Waals surface area contributed by atoms with Gasteiger partial charge < -0.3 is 9.47 Å². The van der Waals surface area contributed by atoms with E-state index in [1.807, 2.05) is 24.5 Å². The number of hydrogen-bond acceptors (Lipinski definition) is 3. The van der Waals surface area contributed by atoms with Crippen molar-refractivity contribution in [2.24, 2.45) is 0 Å². The molecule has 0 atom stereocenters. The number of fused-ring (bicyclic) bond motifs is 3. The number of anilines is 3. The largest absolute Gasteiger partial charge is 0.310 e. The van der Waals surface area contributed by atoms with Gasteiger partial charge in [-0.1, -0.05) is 109 Å². The highest BCUT2D eigenvalue weighted by atomic mass is 15.1. The van der Waals surface area contributed by atoms with Crippen LogP contribution in [0.2, 0.25) is 0 Å². The molecule has 6 aromatic carbocycles. The van der Waals surface area contributed by atoms with Crippen LogP contribution in [-0.2, 0) is 0 Å². The maximum absolute atomic E-state index is 4.87. The Balaban J connectivity index is 1.22. The molecule has 0 unspecified atom stereocenters. The lowest BCUT2D eigenvalue weighted by atomic mass is 10.0. The second kappa shape index (κ2) is 12.7. The number of aromatic nitrogens is 3. The molecule has 9 aromatic rings. The van der Waals surface area contributed by atoms with E-state index in [1.54, 1.807) is 6.20 Å². The molecule has 3 aromatic heterocycles. The Morgan fingerprint density at radius 3 is 1.60 bits per heavy atom. The topological polar surface area (TPSA) is 34.0 Å². The van der Waals surface area contributed by atoms with Gasteiger partial charge >= 0.3 is 0 Å². The van der Waals surface area contributed by atoms with E-state index in [0.29, 0.717) is 0 Å². The molecule has 9 rings (SSSR count). The third-order valence-corrected chi connectivity index (χ3v) is 9.35. The van der Waals surface area contributed by atoms with E-state index in [0.717, 1.165) is 45.0 Å². The summed E-state index contributed by atoms with van der Waals surface area (Å²) in [5, 5.41) is 2.36. The molecule has 0 aliphatic rings. The van der Waals surface area contributed by atoms with E-state index in [4.69, 9.17) is 4.98 Å². The predicted octanol–water partition coefficient (Wildman–Crippen LogP) is 12.0. The van der Waals surface area contributed by atoms with Crippen LogP contribution < -0.4 is 4.90 Å². The zero-order valence-corrected chi connectivity index (χ0v) is 27.3. The van der Waals surface area contributed by atoms with E-state index in [-0.39, 0.29) is 0 Å². The number of para-hydroxylation sites is 1. The van der Waals surface area contributed by atoms with Gasteiger partial charge in [-0.05, 0) is 89.0 Å². The summed E-state index contributed by atoms with van der Waals surface area (Å²) in [7, 11) is 0. The fraction of sp³-hybridized carbons (Fsp3) is 0. The maximum Gasteiger partial charge on any atom is 0.0719 e. The SMILES string of the molecule is c1ccc(-c2ccc(N(c3ccc(-c4ccccc4)cc3)c3cccc4c3c3ccccc3n4-c3ccc(-c4cccnc4)nc3)cc2)cc1. The molecule has 0 bridgehead atoms. The average Bonchev–Trinajstić information content (AvgIpc) is 3.55. The fourth-order valence-electron chi connectivity index (χ4n) is 6.96. The summed E-state index contributed by atoms with van der Waals surface area (Å²) in [6.07, 6.45) is 5.59. The van der Waals surface area contributed by atoms with Crippen LogP contribution in [0, 0.1) is 0 Å². The van der Waals surface area contributed by atoms with Crippen molar-refractivity contribution in [3.63, 3.8) is 0 Å². The summed E-state index contributed by atoms with van der Waals surface area (Å²) in [4.78, 5) is 11.5. The number of rotatable bonds is 7. The van der Waals surface area contributed by atoms with Crippen LogP contribution in [0.1, 0.15) is 0 Å². The van der Waals surface area contributed by atoms with Crippen LogP contribution in [0.5, 0.6) is 0 Å². The van der Waals surface area contributed by atoms with Crippen LogP contribution in [0.15, 0.2) is 195 Å². The number of nitrogens with zero attached hydrogens (tertiary/aromatic N) is 4. The summed E-state index contributed by atoms with van der Waals surface area (Å²) in [6, 6.07) is 62.3. The van der Waals surface area contributed by atoms with Crippen molar-refractivity contribution in [1.29, 1.82) is 0 Å². The Bertz CT molecular complexity index is 2460. The molecule has 0 N–H and O–H groups in total. The fourth-order valence-corrected chi connectivity index (χ4v) is 6.96. The highest BCUT2D eigenvalue weighted by Crippen LogP contribution is 2.44. The minimum atomic E-state index is 0.896. The lowest BCUT2D eigenvalue weighted by molar-refractivity contribution is 1.14. The molecule has 50 heavy (non-hydrogen) atoms. The minimum Gasteiger partial charge on any atom is -0.310 e. The lowest BCUT2D eigenvalue weighted by Crippen LogP contribution is -2.10. The van der Waals surface area contributed by atoms with Crippen molar-refractivity contribution in [3.8, 4) is 39.2 Å². The molecule has 3 heterocycles. The molecule has 236 valence electrons. The van der Waals surface area contributed by atoms with Gasteiger partial charge in [0.1, 0.15) is 0 Å². The molecule has 0 amide bonds. The summed E-state index contributed by atoms with van der Waals surface area (Å²) < 4.78 is 2.32. The normalized spacial score (nSPS) is 11.2. The smallest absolute Gasteiger partial charge is 0.0719 e. The average molecular weight is 641 g/mol. The summed E-state index contributed by atoms with van der Waals surface area (Å²) in [5.41, 5.74) is 13.2. The van der Waals surface area contributed by atoms with Crippen molar-refractivity contribution in [3.05, 3.63) is 195 Å². The highest BCUT2D eigenvalue weighted by molar-refractivity contribution is 6.16. The Morgan fingerprint density at radius 1 is 0.420 bits per heavy atom. The first-order valence-corrected chi connectivity index (χ1v) is 16.8. The zero-order chi connectivity index (χ0) is 33.3. The third-order valence-electron chi connectivity index (χ3n) is 9.35. The monoisotopic (exact) mass is 640 g/mol. The highest BCUT2D eigenvalue weighted by Gasteiger charge is 2.21. The molecule has 0 aliphatic carbocycles. The van der Waals surface area contributed by atoms with Gasteiger partial charge in [-0.15, -0.1) is 0 Å². The van der Waals surface area contributed by atoms with Crippen molar-refractivity contribution in [2.45, 2.75) is 0 Å². The summed E-state index contributed by atoms with van der Waals surface area (Å²) in [5.74, 6) is 0. The Kier molecular flexibility index (Phi) is 7.45. The Labute approximate surface area is 291 Å². The van der Waals surface area contributed by atoms with Crippen molar-refractivity contribution < 1.29 is 0 Å². The second-order valence-electron chi connectivity index (χ2n) is 12.3. The molecule has 0 saturated carbocycles. The quantitative estimate of drug-likeness (QED) is 0.174. The zero-order valence-electron chi connectivity index (χ0n) is 27.3. The van der Waals surface area contributed by atoms with Crippen LogP contribution in [-0.4, -0.2) is 14.5 Å². The van der Waals surface area contributed by atoms with Crippen molar-refractivity contribution in [1.82, 2.24) is 14.5 Å². The molecular weight excluding hydrogens is 609 g/mol. The van der Waals surface area contributed by atoms with Crippen molar-refractivity contribution in [2.75, 3.05) is 4.90 Å². The molecule has 0 spiro atoms. The van der Waals surface area contributed by atoms with Crippen LogP contribution >= 0.6 is 0 Å². The number of benzene rings is 6. The molecule has 4 nitrogen and oxygen atoms in total. The second-order valence-corrected chi connectivity index (χ2v) is 12.3. The van der Waals surface area contributed by atoms with Gasteiger partial charge in [0, 0.05) is 40.1 Å². The number of hydrogen-bond donors (Lipinski definition) is 0. The lowest BCUT2D eigenvalue weighted by Gasteiger charge is -2.27. The van der Waals surface area contributed by atoms with E-state index >= 15 is 0 Å². The maximum atomic E-state index is 4.87. The van der Waals surface area contributed by atoms with Gasteiger partial charge in [0.25, 0.3) is 0 Å². The van der Waals surface area contributed by atoms with Gasteiger partial charge in [-0.2, -0.15) is 0 Å². The van der Waals surface area contributed by atoms with E-state index in [2.05, 4.69) is 178 Å². The van der Waals surface area contributed by atoms with Crippen molar-refractivity contribution >= 4 is 38.9 Å². The predicted molar refractivity (Wildman–Crippen MR) is 207 cm³/mol.